The van der Waals surface area contributed by atoms with Crippen molar-refractivity contribution in [3.63, 3.8) is 0 Å². The van der Waals surface area contributed by atoms with Crippen LogP contribution in [-0.2, 0) is 9.59 Å². The van der Waals surface area contributed by atoms with E-state index in [-0.39, 0.29) is 11.8 Å². The van der Waals surface area contributed by atoms with Gasteiger partial charge in [-0.2, -0.15) is 0 Å². The Morgan fingerprint density at radius 2 is 1.59 bits per heavy atom. The molecule has 1 amide bonds. The van der Waals surface area contributed by atoms with E-state index in [0.29, 0.717) is 12.8 Å². The number of aliphatic carboxylic acids is 1. The van der Waals surface area contributed by atoms with Crippen molar-refractivity contribution in [2.45, 2.75) is 63.3 Å². The summed E-state index contributed by atoms with van der Waals surface area (Å²) in [5.74, 6) is -0.844. The third kappa shape index (κ3) is 2.61. The molecular weight excluding hydrogens is 218 g/mol. The summed E-state index contributed by atoms with van der Waals surface area (Å²) in [4.78, 5) is 23.5. The zero-order valence-electron chi connectivity index (χ0n) is 10.2. The van der Waals surface area contributed by atoms with E-state index < -0.39 is 11.5 Å². The van der Waals surface area contributed by atoms with Crippen molar-refractivity contribution in [1.29, 1.82) is 0 Å². The Balaban J connectivity index is 2.01. The summed E-state index contributed by atoms with van der Waals surface area (Å²) >= 11 is 0. The predicted molar refractivity (Wildman–Crippen MR) is 63.6 cm³/mol. The first kappa shape index (κ1) is 12.4. The summed E-state index contributed by atoms with van der Waals surface area (Å²) < 4.78 is 0. The van der Waals surface area contributed by atoms with Crippen LogP contribution in [-0.4, -0.2) is 22.5 Å². The minimum atomic E-state index is -0.974. The fourth-order valence-electron chi connectivity index (χ4n) is 3.07. The lowest BCUT2D eigenvalue weighted by Gasteiger charge is -2.34. The molecule has 17 heavy (non-hydrogen) atoms. The Morgan fingerprint density at radius 1 is 1.00 bits per heavy atom. The molecular formula is C13H21NO3. The molecule has 0 aromatic carbocycles. The molecule has 0 aliphatic heterocycles. The second kappa shape index (κ2) is 5.07. The number of carboxylic acids is 1. The van der Waals surface area contributed by atoms with E-state index >= 15 is 0 Å². The number of hydrogen-bond donors (Lipinski definition) is 2. The van der Waals surface area contributed by atoms with Gasteiger partial charge in [-0.15, -0.1) is 0 Å². The van der Waals surface area contributed by atoms with Gasteiger partial charge < -0.3 is 10.4 Å². The molecule has 2 fully saturated rings. The Hall–Kier alpha value is -1.06. The van der Waals surface area contributed by atoms with Gasteiger partial charge >= 0.3 is 5.97 Å². The van der Waals surface area contributed by atoms with E-state index in [2.05, 4.69) is 5.32 Å². The van der Waals surface area contributed by atoms with Crippen molar-refractivity contribution in [2.24, 2.45) is 5.92 Å². The number of amides is 1. The Kier molecular flexibility index (Phi) is 3.69. The van der Waals surface area contributed by atoms with Gasteiger partial charge in [0.15, 0.2) is 0 Å². The molecule has 0 unspecified atom stereocenters. The molecule has 2 saturated carbocycles. The van der Waals surface area contributed by atoms with E-state index in [4.69, 9.17) is 0 Å². The molecule has 4 heteroatoms. The number of carbonyl (C=O) groups excluding carboxylic acids is 1. The van der Waals surface area contributed by atoms with E-state index in [1.807, 2.05) is 0 Å². The minimum absolute atomic E-state index is 0.0354. The van der Waals surface area contributed by atoms with Gasteiger partial charge in [-0.1, -0.05) is 32.1 Å². The lowest BCUT2D eigenvalue weighted by atomic mass is 9.81. The maximum Gasteiger partial charge on any atom is 0.329 e. The fraction of sp³-hybridized carbons (Fsp3) is 0.846. The number of hydrogen-bond acceptors (Lipinski definition) is 2. The highest BCUT2D eigenvalue weighted by atomic mass is 16.4. The lowest BCUT2D eigenvalue weighted by Crippen LogP contribution is -2.56. The fourth-order valence-corrected chi connectivity index (χ4v) is 3.07. The third-order valence-electron chi connectivity index (χ3n) is 4.20. The van der Waals surface area contributed by atoms with Crippen LogP contribution >= 0.6 is 0 Å². The average Bonchev–Trinajstić information content (AvgIpc) is 2.83. The van der Waals surface area contributed by atoms with Crippen LogP contribution in [0.15, 0.2) is 0 Å². The summed E-state index contributed by atoms with van der Waals surface area (Å²) in [6.45, 7) is 0. The molecule has 2 aliphatic carbocycles. The predicted octanol–water partition coefficient (Wildman–Crippen LogP) is 2.08. The van der Waals surface area contributed by atoms with Crippen LogP contribution < -0.4 is 5.32 Å². The van der Waals surface area contributed by atoms with Gasteiger partial charge in [0.05, 0.1) is 0 Å². The lowest BCUT2D eigenvalue weighted by molar-refractivity contribution is -0.150. The van der Waals surface area contributed by atoms with Crippen molar-refractivity contribution in [3.05, 3.63) is 0 Å². The van der Waals surface area contributed by atoms with Gasteiger partial charge in [0.1, 0.15) is 5.54 Å². The van der Waals surface area contributed by atoms with E-state index in [9.17, 15) is 14.7 Å². The van der Waals surface area contributed by atoms with E-state index in [1.54, 1.807) is 0 Å². The average molecular weight is 239 g/mol. The highest BCUT2D eigenvalue weighted by Gasteiger charge is 2.42. The van der Waals surface area contributed by atoms with Crippen molar-refractivity contribution < 1.29 is 14.7 Å². The molecule has 0 radical (unpaired) electrons. The molecule has 0 atom stereocenters. The van der Waals surface area contributed by atoms with Crippen LogP contribution in [0.5, 0.6) is 0 Å². The second-order valence-corrected chi connectivity index (χ2v) is 5.42. The molecule has 0 aromatic rings. The quantitative estimate of drug-likeness (QED) is 0.792. The molecule has 96 valence electrons. The molecule has 0 heterocycles. The highest BCUT2D eigenvalue weighted by molar-refractivity contribution is 5.88. The van der Waals surface area contributed by atoms with Gasteiger partial charge in [0.25, 0.3) is 0 Å². The smallest absolute Gasteiger partial charge is 0.329 e. The second-order valence-electron chi connectivity index (χ2n) is 5.42. The third-order valence-corrected chi connectivity index (χ3v) is 4.20. The zero-order valence-corrected chi connectivity index (χ0v) is 10.2. The van der Waals surface area contributed by atoms with Crippen molar-refractivity contribution in [3.8, 4) is 0 Å². The summed E-state index contributed by atoms with van der Waals surface area (Å²) in [6.07, 6.45) is 8.07. The maximum absolute atomic E-state index is 12.0. The van der Waals surface area contributed by atoms with Gasteiger partial charge in [0.2, 0.25) is 5.91 Å². The minimum Gasteiger partial charge on any atom is -0.480 e. The van der Waals surface area contributed by atoms with Crippen LogP contribution in [0, 0.1) is 5.92 Å². The van der Waals surface area contributed by atoms with Crippen LogP contribution in [0.2, 0.25) is 0 Å². The Labute approximate surface area is 102 Å². The number of nitrogens with one attached hydrogen (secondary N) is 1. The molecule has 2 aliphatic rings. The van der Waals surface area contributed by atoms with Crippen LogP contribution in [0.1, 0.15) is 57.8 Å². The summed E-state index contributed by atoms with van der Waals surface area (Å²) in [6, 6.07) is 0. The molecule has 2 rings (SSSR count). The molecule has 0 spiro atoms. The molecule has 4 nitrogen and oxygen atoms in total. The van der Waals surface area contributed by atoms with Crippen LogP contribution in [0.4, 0.5) is 0 Å². The molecule has 0 bridgehead atoms. The van der Waals surface area contributed by atoms with E-state index in [1.165, 1.54) is 0 Å². The molecule has 0 saturated heterocycles. The number of rotatable bonds is 3. The summed E-state index contributed by atoms with van der Waals surface area (Å²) in [5, 5.41) is 12.2. The van der Waals surface area contributed by atoms with Crippen LogP contribution in [0.25, 0.3) is 0 Å². The number of carboxylic acid groups (broad SMARTS) is 1. The summed E-state index contributed by atoms with van der Waals surface area (Å²) in [5.41, 5.74) is -0.974. The topological polar surface area (TPSA) is 66.4 Å². The van der Waals surface area contributed by atoms with Crippen molar-refractivity contribution in [1.82, 2.24) is 5.32 Å². The first-order valence-corrected chi connectivity index (χ1v) is 6.69. The van der Waals surface area contributed by atoms with Crippen molar-refractivity contribution >= 4 is 11.9 Å². The van der Waals surface area contributed by atoms with Gasteiger partial charge in [-0.3, -0.25) is 4.79 Å². The van der Waals surface area contributed by atoms with Gasteiger partial charge in [-0.05, 0) is 25.7 Å². The van der Waals surface area contributed by atoms with Crippen molar-refractivity contribution in [2.75, 3.05) is 0 Å². The maximum atomic E-state index is 12.0. The molecule has 0 aromatic heterocycles. The van der Waals surface area contributed by atoms with E-state index in [0.717, 1.165) is 44.9 Å². The normalized spacial score (nSPS) is 24.5. The first-order valence-electron chi connectivity index (χ1n) is 6.69. The molecule has 2 N–H and O–H groups in total. The zero-order chi connectivity index (χ0) is 12.3. The first-order chi connectivity index (χ1) is 8.14. The largest absolute Gasteiger partial charge is 0.480 e. The van der Waals surface area contributed by atoms with Gasteiger partial charge in [0, 0.05) is 5.92 Å². The van der Waals surface area contributed by atoms with Gasteiger partial charge in [-0.25, -0.2) is 4.79 Å². The Morgan fingerprint density at radius 3 is 2.12 bits per heavy atom. The van der Waals surface area contributed by atoms with Crippen LogP contribution in [0.3, 0.4) is 0 Å². The monoisotopic (exact) mass is 239 g/mol. The SMILES string of the molecule is O=C(NC1(C(=O)O)CCCCC1)C1CCCC1. The standard InChI is InChI=1S/C13H21NO3/c15-11(10-6-2-3-7-10)14-13(12(16)17)8-4-1-5-9-13/h10H,1-9H2,(H,14,15)(H,16,17). The number of carbonyl (C=O) groups is 2. The summed E-state index contributed by atoms with van der Waals surface area (Å²) in [7, 11) is 0. The Bertz CT molecular complexity index is 302. The highest BCUT2D eigenvalue weighted by Crippen LogP contribution is 2.31.